The van der Waals surface area contributed by atoms with Crippen molar-refractivity contribution in [2.75, 3.05) is 11.4 Å². The Morgan fingerprint density at radius 2 is 2.05 bits per heavy atom. The molecule has 2 N–H and O–H groups in total. The van der Waals surface area contributed by atoms with Crippen molar-refractivity contribution in [1.29, 1.82) is 0 Å². The number of hydrogen-bond donors (Lipinski definition) is 2. The van der Waals surface area contributed by atoms with Gasteiger partial charge in [0.1, 0.15) is 0 Å². The molecule has 2 fully saturated rings. The number of para-hydroxylation sites is 1. The number of carbonyl (C=O) groups excluding carboxylic acids is 2. The maximum atomic E-state index is 12.2. The maximum Gasteiger partial charge on any atom is 0.227 e. The number of carbonyl (C=O) groups is 2. The van der Waals surface area contributed by atoms with Crippen LogP contribution in [0.1, 0.15) is 19.3 Å². The highest BCUT2D eigenvalue weighted by atomic mass is 35.5. The van der Waals surface area contributed by atoms with Crippen molar-refractivity contribution in [3.63, 3.8) is 0 Å². The van der Waals surface area contributed by atoms with Gasteiger partial charge in [0.15, 0.2) is 0 Å². The molecule has 0 spiro atoms. The van der Waals surface area contributed by atoms with Crippen molar-refractivity contribution in [2.24, 2.45) is 5.92 Å². The molecule has 0 bridgehead atoms. The summed E-state index contributed by atoms with van der Waals surface area (Å²) >= 11 is 6.11. The summed E-state index contributed by atoms with van der Waals surface area (Å²) in [5.74, 6) is -0.557. The van der Waals surface area contributed by atoms with Crippen molar-refractivity contribution in [1.82, 2.24) is 5.32 Å². The van der Waals surface area contributed by atoms with Gasteiger partial charge in [-0.1, -0.05) is 23.7 Å². The summed E-state index contributed by atoms with van der Waals surface area (Å²) in [5, 5.41) is 12.6. The molecule has 0 radical (unpaired) electrons. The monoisotopic (exact) mass is 308 g/mol. The fourth-order valence-electron chi connectivity index (χ4n) is 2.81. The van der Waals surface area contributed by atoms with E-state index in [9.17, 15) is 14.7 Å². The lowest BCUT2D eigenvalue weighted by Gasteiger charge is -2.32. The largest absolute Gasteiger partial charge is 0.393 e. The molecule has 1 aromatic rings. The van der Waals surface area contributed by atoms with Gasteiger partial charge in [-0.3, -0.25) is 9.59 Å². The molecule has 1 atom stereocenters. The van der Waals surface area contributed by atoms with Gasteiger partial charge in [0.2, 0.25) is 11.8 Å². The predicted molar refractivity (Wildman–Crippen MR) is 79.1 cm³/mol. The van der Waals surface area contributed by atoms with Crippen LogP contribution in [0.2, 0.25) is 5.02 Å². The molecule has 2 aliphatic rings. The topological polar surface area (TPSA) is 69.6 Å². The third-order valence-corrected chi connectivity index (χ3v) is 4.42. The van der Waals surface area contributed by atoms with Crippen LogP contribution in [0.4, 0.5) is 5.69 Å². The SMILES string of the molecule is O=C(NC1CC(O)C1)C1CC(=O)N(c2ccccc2Cl)C1. The third kappa shape index (κ3) is 2.89. The second-order valence-electron chi connectivity index (χ2n) is 5.69. The van der Waals surface area contributed by atoms with Gasteiger partial charge >= 0.3 is 0 Å². The van der Waals surface area contributed by atoms with E-state index >= 15 is 0 Å². The van der Waals surface area contributed by atoms with E-state index in [1.165, 1.54) is 0 Å². The zero-order chi connectivity index (χ0) is 15.0. The number of benzene rings is 1. The fraction of sp³-hybridized carbons (Fsp3) is 0.467. The summed E-state index contributed by atoms with van der Waals surface area (Å²) in [4.78, 5) is 25.8. The Kier molecular flexibility index (Phi) is 3.87. The number of amides is 2. The van der Waals surface area contributed by atoms with Crippen molar-refractivity contribution >= 4 is 29.1 Å². The third-order valence-electron chi connectivity index (χ3n) is 4.10. The van der Waals surface area contributed by atoms with E-state index in [1.807, 2.05) is 6.07 Å². The Morgan fingerprint density at radius 3 is 2.71 bits per heavy atom. The Morgan fingerprint density at radius 1 is 1.33 bits per heavy atom. The standard InChI is InChI=1S/C15H17ClN2O3/c16-12-3-1-2-4-13(12)18-8-9(5-14(18)20)15(21)17-10-6-11(19)7-10/h1-4,9-11,19H,5-8H2,(H,17,21). The lowest BCUT2D eigenvalue weighted by atomic mass is 9.89. The first-order valence-corrected chi connectivity index (χ1v) is 7.45. The molecule has 1 saturated heterocycles. The average Bonchev–Trinajstić information content (AvgIpc) is 2.79. The first kappa shape index (κ1) is 14.4. The van der Waals surface area contributed by atoms with Gasteiger partial charge in [0.25, 0.3) is 0 Å². The number of nitrogens with zero attached hydrogens (tertiary/aromatic N) is 1. The van der Waals surface area contributed by atoms with Crippen LogP contribution in [0.5, 0.6) is 0 Å². The van der Waals surface area contributed by atoms with E-state index in [-0.39, 0.29) is 36.3 Å². The van der Waals surface area contributed by atoms with Crippen molar-refractivity contribution in [2.45, 2.75) is 31.4 Å². The van der Waals surface area contributed by atoms with E-state index in [4.69, 9.17) is 11.6 Å². The fourth-order valence-corrected chi connectivity index (χ4v) is 3.05. The maximum absolute atomic E-state index is 12.2. The highest BCUT2D eigenvalue weighted by molar-refractivity contribution is 6.33. The van der Waals surface area contributed by atoms with E-state index in [0.29, 0.717) is 30.1 Å². The lowest BCUT2D eigenvalue weighted by molar-refractivity contribution is -0.128. The molecule has 1 aliphatic carbocycles. The number of nitrogens with one attached hydrogen (secondary N) is 1. The van der Waals surface area contributed by atoms with Crippen molar-refractivity contribution in [3.05, 3.63) is 29.3 Å². The van der Waals surface area contributed by atoms with Gasteiger partial charge in [-0.15, -0.1) is 0 Å². The second-order valence-corrected chi connectivity index (χ2v) is 6.09. The molecule has 0 aromatic heterocycles. The van der Waals surface area contributed by atoms with E-state index in [1.54, 1.807) is 23.1 Å². The summed E-state index contributed by atoms with van der Waals surface area (Å²) < 4.78 is 0. The van der Waals surface area contributed by atoms with Crippen LogP contribution in [0.25, 0.3) is 0 Å². The predicted octanol–water partition coefficient (Wildman–Crippen LogP) is 1.33. The van der Waals surface area contributed by atoms with Crippen LogP contribution >= 0.6 is 11.6 Å². The average molecular weight is 309 g/mol. The number of halogens is 1. The minimum absolute atomic E-state index is 0.0389. The van der Waals surface area contributed by atoms with Crippen LogP contribution < -0.4 is 10.2 Å². The van der Waals surface area contributed by atoms with Gasteiger partial charge in [0, 0.05) is 19.0 Å². The number of aliphatic hydroxyl groups excluding tert-OH is 1. The van der Waals surface area contributed by atoms with Crippen LogP contribution in [0.3, 0.4) is 0 Å². The molecular weight excluding hydrogens is 292 g/mol. The summed E-state index contributed by atoms with van der Waals surface area (Å²) in [6, 6.07) is 7.17. The van der Waals surface area contributed by atoms with E-state index < -0.39 is 0 Å². The van der Waals surface area contributed by atoms with Crippen molar-refractivity contribution in [3.8, 4) is 0 Å². The molecule has 3 rings (SSSR count). The van der Waals surface area contributed by atoms with Gasteiger partial charge in [-0.05, 0) is 25.0 Å². The van der Waals surface area contributed by atoms with Gasteiger partial charge in [-0.25, -0.2) is 0 Å². The smallest absolute Gasteiger partial charge is 0.227 e. The van der Waals surface area contributed by atoms with Gasteiger partial charge in [-0.2, -0.15) is 0 Å². The van der Waals surface area contributed by atoms with Crippen LogP contribution in [-0.4, -0.2) is 35.6 Å². The molecule has 21 heavy (non-hydrogen) atoms. The number of aliphatic hydroxyl groups is 1. The molecule has 1 aliphatic heterocycles. The summed E-state index contributed by atoms with van der Waals surface area (Å²) in [7, 11) is 0. The molecule has 5 nitrogen and oxygen atoms in total. The van der Waals surface area contributed by atoms with E-state index in [2.05, 4.69) is 5.32 Å². The minimum atomic E-state index is -0.355. The van der Waals surface area contributed by atoms with E-state index in [0.717, 1.165) is 0 Å². The number of rotatable bonds is 3. The normalized spacial score (nSPS) is 28.4. The molecule has 2 amide bonds. The first-order chi connectivity index (χ1) is 10.0. The molecular formula is C15H17ClN2O3. The Labute approximate surface area is 127 Å². The summed E-state index contributed by atoms with van der Waals surface area (Å²) in [6.07, 6.45) is 1.09. The zero-order valence-electron chi connectivity index (χ0n) is 11.5. The Balaban J connectivity index is 1.64. The molecule has 1 heterocycles. The van der Waals surface area contributed by atoms with Gasteiger partial charge < -0.3 is 15.3 Å². The molecule has 1 unspecified atom stereocenters. The van der Waals surface area contributed by atoms with Crippen molar-refractivity contribution < 1.29 is 14.7 Å². The summed E-state index contributed by atoms with van der Waals surface area (Å²) in [6.45, 7) is 0.351. The highest BCUT2D eigenvalue weighted by Crippen LogP contribution is 2.31. The number of anilines is 1. The molecule has 1 aromatic carbocycles. The molecule has 112 valence electrons. The number of hydrogen-bond acceptors (Lipinski definition) is 3. The first-order valence-electron chi connectivity index (χ1n) is 7.08. The quantitative estimate of drug-likeness (QED) is 0.885. The highest BCUT2D eigenvalue weighted by Gasteiger charge is 2.38. The van der Waals surface area contributed by atoms with Gasteiger partial charge in [0.05, 0.1) is 22.7 Å². The van der Waals surface area contributed by atoms with Crippen LogP contribution in [-0.2, 0) is 9.59 Å². The lowest BCUT2D eigenvalue weighted by Crippen LogP contribution is -2.48. The second kappa shape index (κ2) is 5.66. The molecule has 6 heteroatoms. The zero-order valence-corrected chi connectivity index (χ0v) is 12.2. The van der Waals surface area contributed by atoms with Crippen LogP contribution in [0.15, 0.2) is 24.3 Å². The van der Waals surface area contributed by atoms with Crippen LogP contribution in [0, 0.1) is 5.92 Å². The Hall–Kier alpha value is -1.59. The molecule has 1 saturated carbocycles. The Bertz CT molecular complexity index is 572. The minimum Gasteiger partial charge on any atom is -0.393 e. The summed E-state index contributed by atoms with van der Waals surface area (Å²) in [5.41, 5.74) is 0.651.